The van der Waals surface area contributed by atoms with Crippen molar-refractivity contribution in [3.05, 3.63) is 29.3 Å². The number of nitrogens with one attached hydrogen (secondary N) is 1. The van der Waals surface area contributed by atoms with Crippen molar-refractivity contribution >= 4 is 33.4 Å². The number of benzene rings is 1. The predicted molar refractivity (Wildman–Crippen MR) is 113 cm³/mol. The fraction of sp³-hybridized carbons (Fsp3) is 0.667. The number of amides is 1. The molecule has 0 unspecified atom stereocenters. The smallest absolute Gasteiger partial charge is 0.304 e. The predicted octanol–water partition coefficient (Wildman–Crippen LogP) is 3.04. The van der Waals surface area contributed by atoms with Gasteiger partial charge in [-0.3, -0.25) is 9.10 Å². The number of hydrogen-bond acceptors (Lipinski definition) is 3. The minimum Gasteiger partial charge on any atom is -0.352 e. The SMILES string of the molecule is O=C(CN1CCCN(c2cccc(Cl)c2)S1(=O)=O)NC1C2CC3CC(C2)CC1C3. The van der Waals surface area contributed by atoms with Crippen molar-refractivity contribution in [3.63, 3.8) is 0 Å². The van der Waals surface area contributed by atoms with Crippen molar-refractivity contribution in [1.82, 2.24) is 9.62 Å². The minimum atomic E-state index is -3.74. The second-order valence-corrected chi connectivity index (χ2v) is 11.6. The summed E-state index contributed by atoms with van der Waals surface area (Å²) in [6.07, 6.45) is 6.95. The van der Waals surface area contributed by atoms with Crippen LogP contribution in [-0.4, -0.2) is 44.3 Å². The van der Waals surface area contributed by atoms with Crippen molar-refractivity contribution in [2.45, 2.75) is 44.6 Å². The lowest BCUT2D eigenvalue weighted by molar-refractivity contribution is -0.125. The van der Waals surface area contributed by atoms with Crippen molar-refractivity contribution in [3.8, 4) is 0 Å². The van der Waals surface area contributed by atoms with Gasteiger partial charge in [0.25, 0.3) is 0 Å². The average Bonchev–Trinajstić information content (AvgIpc) is 2.65. The van der Waals surface area contributed by atoms with Gasteiger partial charge in [0.1, 0.15) is 0 Å². The molecule has 1 heterocycles. The third-order valence-electron chi connectivity index (χ3n) is 7.34. The average molecular weight is 438 g/mol. The zero-order valence-electron chi connectivity index (χ0n) is 16.5. The summed E-state index contributed by atoms with van der Waals surface area (Å²) in [5.74, 6) is 2.69. The van der Waals surface area contributed by atoms with Gasteiger partial charge in [-0.2, -0.15) is 12.7 Å². The molecule has 29 heavy (non-hydrogen) atoms. The van der Waals surface area contributed by atoms with E-state index in [1.165, 1.54) is 40.7 Å². The fourth-order valence-electron chi connectivity index (χ4n) is 6.37. The van der Waals surface area contributed by atoms with Crippen LogP contribution >= 0.6 is 11.6 Å². The second-order valence-electron chi connectivity index (χ2n) is 9.27. The molecule has 4 aliphatic carbocycles. The van der Waals surface area contributed by atoms with E-state index in [4.69, 9.17) is 11.6 Å². The third kappa shape index (κ3) is 3.66. The maximum atomic E-state index is 13.1. The van der Waals surface area contributed by atoms with Gasteiger partial charge in [-0.1, -0.05) is 17.7 Å². The first kappa shape index (κ1) is 19.6. The molecule has 4 bridgehead atoms. The molecule has 158 valence electrons. The van der Waals surface area contributed by atoms with Gasteiger partial charge in [0.2, 0.25) is 5.91 Å². The normalized spacial score (nSPS) is 35.6. The van der Waals surface area contributed by atoms with Crippen molar-refractivity contribution in [2.75, 3.05) is 23.9 Å². The molecule has 8 heteroatoms. The molecule has 1 amide bonds. The Balaban J connectivity index is 1.27. The molecule has 0 atom stereocenters. The molecule has 0 spiro atoms. The van der Waals surface area contributed by atoms with Crippen LogP contribution in [0.5, 0.6) is 0 Å². The molecule has 1 saturated heterocycles. The van der Waals surface area contributed by atoms with Crippen LogP contribution in [0.1, 0.15) is 38.5 Å². The second kappa shape index (κ2) is 7.43. The maximum absolute atomic E-state index is 13.1. The van der Waals surface area contributed by atoms with E-state index in [1.54, 1.807) is 24.3 Å². The van der Waals surface area contributed by atoms with Crippen LogP contribution in [0, 0.1) is 23.7 Å². The minimum absolute atomic E-state index is 0.109. The van der Waals surface area contributed by atoms with E-state index >= 15 is 0 Å². The molecule has 6 nitrogen and oxygen atoms in total. The molecular weight excluding hydrogens is 410 g/mol. The number of carbonyl (C=O) groups is 1. The lowest BCUT2D eigenvalue weighted by atomic mass is 9.54. The van der Waals surface area contributed by atoms with Crippen LogP contribution in [0.25, 0.3) is 0 Å². The summed E-state index contributed by atoms with van der Waals surface area (Å²) in [7, 11) is -3.74. The highest BCUT2D eigenvalue weighted by molar-refractivity contribution is 7.90. The lowest BCUT2D eigenvalue weighted by Crippen LogP contribution is -2.58. The Bertz CT molecular complexity index is 878. The summed E-state index contributed by atoms with van der Waals surface area (Å²) < 4.78 is 28.9. The van der Waals surface area contributed by atoms with E-state index in [9.17, 15) is 13.2 Å². The van der Waals surface area contributed by atoms with Crippen molar-refractivity contribution < 1.29 is 13.2 Å². The van der Waals surface area contributed by atoms with Crippen molar-refractivity contribution in [1.29, 1.82) is 0 Å². The van der Waals surface area contributed by atoms with Gasteiger partial charge in [-0.05, 0) is 80.4 Å². The maximum Gasteiger partial charge on any atom is 0.304 e. The van der Waals surface area contributed by atoms with E-state index in [1.807, 2.05) is 0 Å². The zero-order valence-corrected chi connectivity index (χ0v) is 18.0. The van der Waals surface area contributed by atoms with Gasteiger partial charge in [-0.25, -0.2) is 0 Å². The fourth-order valence-corrected chi connectivity index (χ4v) is 8.21. The monoisotopic (exact) mass is 437 g/mol. The summed E-state index contributed by atoms with van der Waals surface area (Å²) in [6.45, 7) is 0.660. The highest BCUT2D eigenvalue weighted by atomic mass is 35.5. The van der Waals surface area contributed by atoms with E-state index in [2.05, 4.69) is 5.32 Å². The zero-order chi connectivity index (χ0) is 20.2. The quantitative estimate of drug-likeness (QED) is 0.787. The molecule has 4 saturated carbocycles. The molecule has 0 aromatic heterocycles. The summed E-state index contributed by atoms with van der Waals surface area (Å²) in [5, 5.41) is 3.72. The van der Waals surface area contributed by atoms with Gasteiger partial charge < -0.3 is 5.32 Å². The van der Waals surface area contributed by atoms with Gasteiger partial charge in [-0.15, -0.1) is 0 Å². The number of halogens is 1. The van der Waals surface area contributed by atoms with Crippen LogP contribution in [0.2, 0.25) is 5.02 Å². The van der Waals surface area contributed by atoms with Crippen LogP contribution in [0.15, 0.2) is 24.3 Å². The van der Waals surface area contributed by atoms with E-state index in [0.717, 1.165) is 11.8 Å². The number of carbonyl (C=O) groups excluding carboxylic acids is 1. The third-order valence-corrected chi connectivity index (χ3v) is 9.49. The summed E-state index contributed by atoms with van der Waals surface area (Å²) in [4.78, 5) is 12.8. The van der Waals surface area contributed by atoms with Gasteiger partial charge in [0.15, 0.2) is 0 Å². The van der Waals surface area contributed by atoms with E-state index in [0.29, 0.717) is 42.1 Å². The molecule has 1 aromatic carbocycles. The molecule has 6 rings (SSSR count). The van der Waals surface area contributed by atoms with Crippen LogP contribution in [0.4, 0.5) is 5.69 Å². The first-order chi connectivity index (χ1) is 13.9. The van der Waals surface area contributed by atoms with Crippen LogP contribution in [0.3, 0.4) is 0 Å². The molecule has 0 radical (unpaired) electrons. The molecule has 5 fully saturated rings. The van der Waals surface area contributed by atoms with Crippen LogP contribution in [-0.2, 0) is 15.0 Å². The van der Waals surface area contributed by atoms with Gasteiger partial charge >= 0.3 is 10.2 Å². The number of hydrogen-bond donors (Lipinski definition) is 1. The summed E-state index contributed by atoms with van der Waals surface area (Å²) in [6, 6.07) is 7.08. The Kier molecular flexibility index (Phi) is 5.03. The van der Waals surface area contributed by atoms with Crippen molar-refractivity contribution in [2.24, 2.45) is 23.7 Å². The number of nitrogens with zero attached hydrogens (tertiary/aromatic N) is 2. The Morgan fingerprint density at radius 3 is 2.41 bits per heavy atom. The highest BCUT2D eigenvalue weighted by Crippen LogP contribution is 2.53. The first-order valence-corrected chi connectivity index (χ1v) is 12.5. The topological polar surface area (TPSA) is 69.7 Å². The summed E-state index contributed by atoms with van der Waals surface area (Å²) >= 11 is 6.05. The Hall–Kier alpha value is -1.31. The molecule has 1 aromatic rings. The molecule has 5 aliphatic rings. The molecule has 1 N–H and O–H groups in total. The highest BCUT2D eigenvalue weighted by Gasteiger charge is 2.48. The standard InChI is InChI=1S/C21H28ClN3O3S/c22-18-3-1-4-19(12-18)25-6-2-5-24(29(25,27)28)13-20(26)23-21-16-8-14-7-15(10-16)11-17(21)9-14/h1,3-4,12,14-17,21H,2,5-11,13H2,(H,23,26). The number of rotatable bonds is 4. The number of anilines is 1. The Morgan fingerprint density at radius 1 is 1.07 bits per heavy atom. The van der Waals surface area contributed by atoms with Crippen LogP contribution < -0.4 is 9.62 Å². The van der Waals surface area contributed by atoms with E-state index in [-0.39, 0.29) is 18.5 Å². The largest absolute Gasteiger partial charge is 0.352 e. The Morgan fingerprint density at radius 2 is 1.76 bits per heavy atom. The molecular formula is C21H28ClN3O3S. The van der Waals surface area contributed by atoms with Gasteiger partial charge in [0.05, 0.1) is 12.2 Å². The first-order valence-electron chi connectivity index (χ1n) is 10.7. The van der Waals surface area contributed by atoms with E-state index < -0.39 is 10.2 Å². The van der Waals surface area contributed by atoms with Gasteiger partial charge in [0, 0.05) is 24.2 Å². The summed E-state index contributed by atoms with van der Waals surface area (Å²) in [5.41, 5.74) is 0.545. The Labute approximate surface area is 177 Å². The lowest BCUT2D eigenvalue weighted by Gasteiger charge is -2.54. The molecule has 1 aliphatic heterocycles.